The number of pyridine rings is 1. The zero-order valence-electron chi connectivity index (χ0n) is 18.8. The van der Waals surface area contributed by atoms with E-state index in [-0.39, 0.29) is 11.6 Å². The summed E-state index contributed by atoms with van der Waals surface area (Å²) in [5, 5.41) is 2.97. The molecule has 34 heavy (non-hydrogen) atoms. The number of nitrogens with zero attached hydrogens (tertiary/aromatic N) is 5. The van der Waals surface area contributed by atoms with E-state index >= 15 is 0 Å². The maximum atomic E-state index is 13.5. The molecule has 0 spiro atoms. The van der Waals surface area contributed by atoms with Gasteiger partial charge in [-0.1, -0.05) is 60.7 Å². The minimum Gasteiger partial charge on any atom is -0.348 e. The molecule has 1 fully saturated rings. The number of amides is 2. The molecule has 8 heteroatoms. The predicted octanol–water partition coefficient (Wildman–Crippen LogP) is 2.87. The van der Waals surface area contributed by atoms with E-state index in [1.165, 1.54) is 0 Å². The van der Waals surface area contributed by atoms with Gasteiger partial charge in [-0.3, -0.25) is 9.36 Å². The van der Waals surface area contributed by atoms with Crippen LogP contribution in [0, 0.1) is 0 Å². The van der Waals surface area contributed by atoms with Gasteiger partial charge in [0, 0.05) is 38.9 Å². The third-order valence-electron chi connectivity index (χ3n) is 6.02. The molecule has 8 nitrogen and oxygen atoms in total. The van der Waals surface area contributed by atoms with Crippen molar-refractivity contribution in [3.05, 3.63) is 100 Å². The van der Waals surface area contributed by atoms with Gasteiger partial charge in [0.15, 0.2) is 11.5 Å². The van der Waals surface area contributed by atoms with Crippen molar-refractivity contribution in [2.75, 3.05) is 31.1 Å². The molecule has 5 rings (SSSR count). The Labute approximate surface area is 197 Å². The van der Waals surface area contributed by atoms with Gasteiger partial charge in [-0.15, -0.1) is 0 Å². The number of rotatable bonds is 5. The molecule has 2 aromatic carbocycles. The molecular formula is C26H26N6O2. The van der Waals surface area contributed by atoms with Crippen LogP contribution in [0.25, 0.3) is 11.2 Å². The number of fused-ring (bicyclic) bond motifs is 1. The molecule has 0 saturated carbocycles. The number of benzene rings is 2. The minimum atomic E-state index is -0.169. The number of carbonyl (C=O) groups excluding carboxylic acids is 1. The number of aromatic nitrogens is 3. The molecular weight excluding hydrogens is 428 g/mol. The Hall–Kier alpha value is -4.20. The second-order valence-corrected chi connectivity index (χ2v) is 8.28. The van der Waals surface area contributed by atoms with Crippen molar-refractivity contribution >= 4 is 23.0 Å². The van der Waals surface area contributed by atoms with Gasteiger partial charge < -0.3 is 15.1 Å². The quantitative estimate of drug-likeness (QED) is 0.501. The average Bonchev–Trinajstić information content (AvgIpc) is 2.90. The van der Waals surface area contributed by atoms with Crippen molar-refractivity contribution < 1.29 is 4.79 Å². The van der Waals surface area contributed by atoms with Gasteiger partial charge in [-0.05, 0) is 23.3 Å². The summed E-state index contributed by atoms with van der Waals surface area (Å²) in [5.41, 5.74) is 3.16. The van der Waals surface area contributed by atoms with Crippen molar-refractivity contribution in [2.24, 2.45) is 0 Å². The van der Waals surface area contributed by atoms with E-state index in [2.05, 4.69) is 15.3 Å². The molecule has 4 aromatic rings. The lowest BCUT2D eigenvalue weighted by Crippen LogP contribution is -2.53. The monoisotopic (exact) mass is 454 g/mol. The smallest absolute Gasteiger partial charge is 0.317 e. The molecule has 1 aliphatic heterocycles. The van der Waals surface area contributed by atoms with Crippen LogP contribution in [0.1, 0.15) is 11.1 Å². The highest BCUT2D eigenvalue weighted by Gasteiger charge is 2.25. The van der Waals surface area contributed by atoms with Crippen LogP contribution in [0.5, 0.6) is 0 Å². The van der Waals surface area contributed by atoms with Gasteiger partial charge >= 0.3 is 6.03 Å². The van der Waals surface area contributed by atoms with Crippen LogP contribution in [0.2, 0.25) is 0 Å². The first-order valence-corrected chi connectivity index (χ1v) is 11.4. The first-order chi connectivity index (χ1) is 16.7. The fourth-order valence-corrected chi connectivity index (χ4v) is 4.19. The molecule has 0 radical (unpaired) electrons. The van der Waals surface area contributed by atoms with E-state index in [0.717, 1.165) is 11.1 Å². The Balaban J connectivity index is 1.32. The summed E-state index contributed by atoms with van der Waals surface area (Å²) in [4.78, 5) is 38.9. The van der Waals surface area contributed by atoms with E-state index in [4.69, 9.17) is 0 Å². The van der Waals surface area contributed by atoms with Crippen molar-refractivity contribution in [1.82, 2.24) is 24.8 Å². The average molecular weight is 455 g/mol. The summed E-state index contributed by atoms with van der Waals surface area (Å²) in [6.45, 7) is 3.03. The van der Waals surface area contributed by atoms with Gasteiger partial charge in [-0.25, -0.2) is 14.8 Å². The maximum absolute atomic E-state index is 13.5. The Morgan fingerprint density at radius 2 is 1.53 bits per heavy atom. The molecule has 1 aliphatic rings. The Kier molecular flexibility index (Phi) is 6.20. The summed E-state index contributed by atoms with van der Waals surface area (Å²) in [6, 6.07) is 23.3. The zero-order valence-corrected chi connectivity index (χ0v) is 18.8. The van der Waals surface area contributed by atoms with Crippen LogP contribution < -0.4 is 15.8 Å². The SMILES string of the molecule is O=C(NCc1ccccc1)N1CCN(c2nc3cccnc3n(Cc3ccccc3)c2=O)CC1. The largest absolute Gasteiger partial charge is 0.348 e. The molecule has 3 heterocycles. The lowest BCUT2D eigenvalue weighted by Gasteiger charge is -2.35. The molecule has 2 aromatic heterocycles. The van der Waals surface area contributed by atoms with Gasteiger partial charge in [0.2, 0.25) is 0 Å². The minimum absolute atomic E-state index is 0.0966. The third kappa shape index (κ3) is 4.61. The van der Waals surface area contributed by atoms with Gasteiger partial charge in [0.25, 0.3) is 5.56 Å². The summed E-state index contributed by atoms with van der Waals surface area (Å²) in [7, 11) is 0. The van der Waals surface area contributed by atoms with E-state index in [1.54, 1.807) is 15.7 Å². The van der Waals surface area contributed by atoms with Crippen LogP contribution in [-0.4, -0.2) is 51.6 Å². The Bertz CT molecular complexity index is 1330. The lowest BCUT2D eigenvalue weighted by atomic mass is 10.2. The van der Waals surface area contributed by atoms with Crippen molar-refractivity contribution in [2.45, 2.75) is 13.1 Å². The molecule has 0 atom stereocenters. The molecule has 1 N–H and O–H groups in total. The number of anilines is 1. The van der Waals surface area contributed by atoms with Crippen LogP contribution in [-0.2, 0) is 13.1 Å². The van der Waals surface area contributed by atoms with E-state index in [9.17, 15) is 9.59 Å². The molecule has 2 amide bonds. The van der Waals surface area contributed by atoms with Crippen molar-refractivity contribution in [3.63, 3.8) is 0 Å². The molecule has 1 saturated heterocycles. The predicted molar refractivity (Wildman–Crippen MR) is 132 cm³/mol. The second kappa shape index (κ2) is 9.74. The molecule has 172 valence electrons. The lowest BCUT2D eigenvalue weighted by molar-refractivity contribution is 0.193. The van der Waals surface area contributed by atoms with E-state index in [1.807, 2.05) is 77.7 Å². The number of urea groups is 1. The molecule has 0 unspecified atom stereocenters. The fraction of sp³-hybridized carbons (Fsp3) is 0.231. The molecule has 0 bridgehead atoms. The van der Waals surface area contributed by atoms with E-state index in [0.29, 0.717) is 56.3 Å². The van der Waals surface area contributed by atoms with Gasteiger partial charge in [0.1, 0.15) is 5.52 Å². The highest BCUT2D eigenvalue weighted by molar-refractivity contribution is 5.75. The Morgan fingerprint density at radius 1 is 0.853 bits per heavy atom. The van der Waals surface area contributed by atoms with Gasteiger partial charge in [-0.2, -0.15) is 0 Å². The number of piperazine rings is 1. The fourth-order valence-electron chi connectivity index (χ4n) is 4.19. The number of hydrogen-bond acceptors (Lipinski definition) is 5. The highest BCUT2D eigenvalue weighted by Crippen LogP contribution is 2.16. The first-order valence-electron chi connectivity index (χ1n) is 11.4. The summed E-state index contributed by atoms with van der Waals surface area (Å²) >= 11 is 0. The van der Waals surface area contributed by atoms with E-state index < -0.39 is 0 Å². The van der Waals surface area contributed by atoms with Crippen LogP contribution in [0.3, 0.4) is 0 Å². The molecule has 0 aliphatic carbocycles. The number of nitrogens with one attached hydrogen (secondary N) is 1. The van der Waals surface area contributed by atoms with Crippen molar-refractivity contribution in [1.29, 1.82) is 0 Å². The second-order valence-electron chi connectivity index (χ2n) is 8.28. The van der Waals surface area contributed by atoms with Gasteiger partial charge in [0.05, 0.1) is 6.54 Å². The Morgan fingerprint density at radius 3 is 2.24 bits per heavy atom. The first kappa shape index (κ1) is 21.6. The topological polar surface area (TPSA) is 83.4 Å². The normalized spacial score (nSPS) is 13.8. The summed E-state index contributed by atoms with van der Waals surface area (Å²) in [6.07, 6.45) is 1.68. The van der Waals surface area contributed by atoms with Crippen LogP contribution in [0.15, 0.2) is 83.8 Å². The zero-order chi connectivity index (χ0) is 23.3. The summed E-state index contributed by atoms with van der Waals surface area (Å²) < 4.78 is 1.69. The standard InChI is InChI=1S/C26H26N6O2/c33-25-24(29-22-12-7-13-27-23(22)32(25)19-21-10-5-2-6-11-21)30-14-16-31(17-15-30)26(34)28-18-20-8-3-1-4-9-20/h1-13H,14-19H2,(H,28,34). The van der Waals surface area contributed by atoms with Crippen LogP contribution >= 0.6 is 0 Å². The number of carbonyl (C=O) groups is 1. The number of hydrogen-bond donors (Lipinski definition) is 1. The maximum Gasteiger partial charge on any atom is 0.317 e. The highest BCUT2D eigenvalue weighted by atomic mass is 16.2. The summed E-state index contributed by atoms with van der Waals surface area (Å²) in [5.74, 6) is 0.403. The third-order valence-corrected chi connectivity index (χ3v) is 6.02. The van der Waals surface area contributed by atoms with Crippen LogP contribution in [0.4, 0.5) is 10.6 Å². The van der Waals surface area contributed by atoms with Crippen molar-refractivity contribution in [3.8, 4) is 0 Å².